The van der Waals surface area contributed by atoms with Gasteiger partial charge in [0.25, 0.3) is 0 Å². The fourth-order valence-corrected chi connectivity index (χ4v) is 4.58. The van der Waals surface area contributed by atoms with Crippen LogP contribution >= 0.6 is 23.2 Å². The van der Waals surface area contributed by atoms with E-state index in [-0.39, 0.29) is 35.7 Å². The van der Waals surface area contributed by atoms with Gasteiger partial charge in [-0.3, -0.25) is 9.59 Å². The molecule has 1 unspecified atom stereocenters. The highest BCUT2D eigenvalue weighted by Gasteiger charge is 2.35. The van der Waals surface area contributed by atoms with Gasteiger partial charge in [0.15, 0.2) is 5.78 Å². The highest BCUT2D eigenvalue weighted by atomic mass is 35.5. The predicted molar refractivity (Wildman–Crippen MR) is 140 cm³/mol. The number of alkyl halides is 2. The SMILES string of the molecule is C#C.C/C(=C\CCl)C(=O)c1c2n(c3cc(F)cc(C(C)C)c13)CCC2CC(=O)O.C/C=C\CCl. The highest BCUT2D eigenvalue weighted by molar-refractivity contribution is 6.21. The molecule has 1 aliphatic heterocycles. The molecule has 2 heterocycles. The number of ketones is 1. The summed E-state index contributed by atoms with van der Waals surface area (Å²) in [6.45, 7) is 8.15. The molecule has 0 saturated carbocycles. The van der Waals surface area contributed by atoms with Crippen molar-refractivity contribution in [2.75, 3.05) is 11.8 Å². The molecule has 0 amide bonds. The fraction of sp³-hybridized carbons (Fsp3) is 0.407. The van der Waals surface area contributed by atoms with Crippen LogP contribution in [0.3, 0.4) is 0 Å². The van der Waals surface area contributed by atoms with Gasteiger partial charge in [0.2, 0.25) is 0 Å². The maximum atomic E-state index is 14.3. The summed E-state index contributed by atoms with van der Waals surface area (Å²) < 4.78 is 16.2. The number of rotatable bonds is 7. The smallest absolute Gasteiger partial charge is 0.304 e. The first-order valence-corrected chi connectivity index (χ1v) is 12.1. The molecule has 0 bridgehead atoms. The Morgan fingerprint density at radius 2 is 1.91 bits per heavy atom. The summed E-state index contributed by atoms with van der Waals surface area (Å²) in [7, 11) is 0. The number of hydrogen-bond acceptors (Lipinski definition) is 2. The van der Waals surface area contributed by atoms with Gasteiger partial charge >= 0.3 is 5.97 Å². The standard InChI is InChI=1S/C21H23ClFNO3.C4H7Cl.C2H2/c1-11(2)15-9-14(23)10-16-18(15)19(21(27)12(3)4-6-22)20-13(8-17(25)26)5-7-24(16)20;1-2-3-4-5;1-2/h4,9-11,13H,5-8H2,1-3H3,(H,25,26);2-3H,4H2,1H3;1-2H/b12-4+;3-2-;. The van der Waals surface area contributed by atoms with Crippen LogP contribution in [0.25, 0.3) is 10.9 Å². The molecule has 1 N–H and O–H groups in total. The van der Waals surface area contributed by atoms with E-state index in [9.17, 15) is 19.1 Å². The molecule has 7 heteroatoms. The number of carbonyl (C=O) groups is 2. The van der Waals surface area contributed by atoms with E-state index in [1.165, 1.54) is 12.1 Å². The lowest BCUT2D eigenvalue weighted by Gasteiger charge is -2.13. The maximum Gasteiger partial charge on any atom is 0.304 e. The first-order valence-electron chi connectivity index (χ1n) is 11.0. The van der Waals surface area contributed by atoms with Gasteiger partial charge in [-0.15, -0.1) is 36.0 Å². The van der Waals surface area contributed by atoms with Gasteiger partial charge in [-0.2, -0.15) is 0 Å². The molecule has 1 aromatic heterocycles. The lowest BCUT2D eigenvalue weighted by molar-refractivity contribution is -0.137. The summed E-state index contributed by atoms with van der Waals surface area (Å²) in [6.07, 6.45) is 14.0. The van der Waals surface area contributed by atoms with E-state index in [0.29, 0.717) is 41.2 Å². The Kier molecular flexibility index (Phi) is 12.1. The minimum Gasteiger partial charge on any atom is -0.481 e. The van der Waals surface area contributed by atoms with Crippen molar-refractivity contribution < 1.29 is 19.1 Å². The third kappa shape index (κ3) is 6.74. The van der Waals surface area contributed by atoms with Gasteiger partial charge in [-0.25, -0.2) is 4.39 Å². The normalized spacial score (nSPS) is 15.0. The number of aryl methyl sites for hydroxylation is 1. The van der Waals surface area contributed by atoms with Crippen LogP contribution in [0.4, 0.5) is 4.39 Å². The molecule has 1 aromatic carbocycles. The quantitative estimate of drug-likeness (QED) is 0.141. The van der Waals surface area contributed by atoms with E-state index in [2.05, 4.69) is 12.8 Å². The minimum absolute atomic E-state index is 0.0214. The van der Waals surface area contributed by atoms with Crippen LogP contribution in [-0.4, -0.2) is 33.2 Å². The second-order valence-electron chi connectivity index (χ2n) is 8.13. The number of terminal acetylenes is 1. The fourth-order valence-electron chi connectivity index (χ4n) is 4.17. The maximum absolute atomic E-state index is 14.3. The number of carbonyl (C=O) groups excluding carboxylic acids is 1. The molecule has 3 rings (SSSR count). The van der Waals surface area contributed by atoms with Crippen molar-refractivity contribution >= 4 is 45.9 Å². The van der Waals surface area contributed by atoms with Gasteiger partial charge in [0.05, 0.1) is 17.5 Å². The van der Waals surface area contributed by atoms with E-state index in [1.54, 1.807) is 13.0 Å². The number of fused-ring (bicyclic) bond motifs is 3. The van der Waals surface area contributed by atoms with Crippen molar-refractivity contribution in [2.24, 2.45) is 0 Å². The van der Waals surface area contributed by atoms with E-state index >= 15 is 0 Å². The number of Topliss-reactive ketones (excluding diaryl/α,β-unsaturated/α-hetero) is 1. The largest absolute Gasteiger partial charge is 0.481 e. The van der Waals surface area contributed by atoms with Crippen LogP contribution in [0.1, 0.15) is 74.0 Å². The molecule has 1 aliphatic rings. The Bertz CT molecular complexity index is 1100. The molecule has 0 aliphatic carbocycles. The summed E-state index contributed by atoms with van der Waals surface area (Å²) in [5, 5.41) is 10.0. The first-order chi connectivity index (χ1) is 16.2. The van der Waals surface area contributed by atoms with Crippen molar-refractivity contribution in [3.63, 3.8) is 0 Å². The third-order valence-electron chi connectivity index (χ3n) is 5.62. The average Bonchev–Trinajstić information content (AvgIpc) is 3.33. The van der Waals surface area contributed by atoms with Crippen LogP contribution in [0.15, 0.2) is 35.9 Å². The van der Waals surface area contributed by atoms with Crippen molar-refractivity contribution in [1.29, 1.82) is 0 Å². The average molecular weight is 508 g/mol. The molecule has 4 nitrogen and oxygen atoms in total. The summed E-state index contributed by atoms with van der Waals surface area (Å²) in [4.78, 5) is 24.6. The number of aliphatic carboxylic acids is 1. The molecule has 1 atom stereocenters. The van der Waals surface area contributed by atoms with Crippen molar-refractivity contribution in [3.05, 3.63) is 58.6 Å². The van der Waals surface area contributed by atoms with Crippen LogP contribution in [0, 0.1) is 18.7 Å². The molecule has 0 fully saturated rings. The van der Waals surface area contributed by atoms with Crippen LogP contribution in [0.5, 0.6) is 0 Å². The summed E-state index contributed by atoms with van der Waals surface area (Å²) >= 11 is 11.0. The number of benzene rings is 1. The van der Waals surface area contributed by atoms with Crippen molar-refractivity contribution in [1.82, 2.24) is 4.57 Å². The zero-order valence-electron chi connectivity index (χ0n) is 20.1. The lowest BCUT2D eigenvalue weighted by atomic mass is 9.88. The number of carboxylic acid groups (broad SMARTS) is 1. The predicted octanol–water partition coefficient (Wildman–Crippen LogP) is 7.28. The number of hydrogen-bond donors (Lipinski definition) is 1. The third-order valence-corrected chi connectivity index (χ3v) is 5.96. The summed E-state index contributed by atoms with van der Waals surface area (Å²) in [5.41, 5.74) is 3.18. The topological polar surface area (TPSA) is 59.3 Å². The zero-order chi connectivity index (χ0) is 26.0. The summed E-state index contributed by atoms with van der Waals surface area (Å²) in [5.74, 6) is -0.804. The molecule has 0 radical (unpaired) electrons. The first kappa shape index (κ1) is 29.5. The summed E-state index contributed by atoms with van der Waals surface area (Å²) in [6, 6.07) is 2.93. The molecule has 0 spiro atoms. The second kappa shape index (κ2) is 14.0. The van der Waals surface area contributed by atoms with Crippen LogP contribution in [0.2, 0.25) is 0 Å². The Labute approximate surface area is 211 Å². The van der Waals surface area contributed by atoms with Gasteiger partial charge in [0.1, 0.15) is 5.82 Å². The van der Waals surface area contributed by atoms with Crippen LogP contribution < -0.4 is 0 Å². The highest BCUT2D eigenvalue weighted by Crippen LogP contribution is 2.43. The number of halogens is 3. The second-order valence-corrected chi connectivity index (χ2v) is 8.75. The molecule has 0 saturated heterocycles. The van der Waals surface area contributed by atoms with Crippen molar-refractivity contribution in [2.45, 2.75) is 58.9 Å². The van der Waals surface area contributed by atoms with Crippen molar-refractivity contribution in [3.8, 4) is 12.8 Å². The molecule has 2 aromatic rings. The van der Waals surface area contributed by atoms with Gasteiger partial charge in [-0.1, -0.05) is 32.1 Å². The number of aromatic nitrogens is 1. The lowest BCUT2D eigenvalue weighted by Crippen LogP contribution is -2.10. The number of nitrogens with zero attached hydrogens (tertiary/aromatic N) is 1. The molecular weight excluding hydrogens is 476 g/mol. The number of carboxylic acids is 1. The number of allylic oxidation sites excluding steroid dienone is 4. The van der Waals surface area contributed by atoms with E-state index in [0.717, 1.165) is 10.9 Å². The zero-order valence-corrected chi connectivity index (χ0v) is 21.6. The molecule has 184 valence electrons. The Balaban J connectivity index is 0.000000733. The van der Waals surface area contributed by atoms with Gasteiger partial charge in [-0.05, 0) is 49.5 Å². The van der Waals surface area contributed by atoms with Gasteiger partial charge < -0.3 is 9.67 Å². The molecular formula is C27H32Cl2FNO3. The Hall–Kier alpha value is -2.55. The Morgan fingerprint density at radius 3 is 2.38 bits per heavy atom. The van der Waals surface area contributed by atoms with E-state index in [1.807, 2.05) is 37.5 Å². The van der Waals surface area contributed by atoms with E-state index in [4.69, 9.17) is 23.2 Å². The Morgan fingerprint density at radius 1 is 1.26 bits per heavy atom. The monoisotopic (exact) mass is 507 g/mol. The van der Waals surface area contributed by atoms with Gasteiger partial charge in [0, 0.05) is 35.3 Å². The molecule has 34 heavy (non-hydrogen) atoms. The van der Waals surface area contributed by atoms with Crippen LogP contribution in [-0.2, 0) is 11.3 Å². The van der Waals surface area contributed by atoms with E-state index < -0.39 is 5.97 Å². The minimum atomic E-state index is -0.902.